The van der Waals surface area contributed by atoms with Crippen molar-refractivity contribution in [2.75, 3.05) is 6.54 Å². The average Bonchev–Trinajstić information content (AvgIpc) is 3.06. The van der Waals surface area contributed by atoms with Gasteiger partial charge in [-0.2, -0.15) is 0 Å². The van der Waals surface area contributed by atoms with Gasteiger partial charge in [0, 0.05) is 25.2 Å². The number of pyridine rings is 1. The summed E-state index contributed by atoms with van der Waals surface area (Å²) < 4.78 is 7.34. The van der Waals surface area contributed by atoms with Crippen molar-refractivity contribution in [3.63, 3.8) is 0 Å². The Morgan fingerprint density at radius 3 is 2.67 bits per heavy atom. The van der Waals surface area contributed by atoms with Crippen LogP contribution >= 0.6 is 0 Å². The topological polar surface area (TPSA) is 97.6 Å². The molecule has 2 aromatic heterocycles. The molecule has 2 N–H and O–H groups in total. The van der Waals surface area contributed by atoms with Gasteiger partial charge in [0.05, 0.1) is 5.92 Å². The van der Waals surface area contributed by atoms with Crippen LogP contribution in [0.5, 0.6) is 0 Å². The molecule has 0 spiro atoms. The van der Waals surface area contributed by atoms with Crippen molar-refractivity contribution in [2.24, 2.45) is 5.92 Å². The van der Waals surface area contributed by atoms with Crippen LogP contribution in [0.2, 0.25) is 0 Å². The molecule has 2 aromatic rings. The summed E-state index contributed by atoms with van der Waals surface area (Å²) in [4.78, 5) is 25.3. The van der Waals surface area contributed by atoms with Crippen molar-refractivity contribution < 1.29 is 14.3 Å². The van der Waals surface area contributed by atoms with Crippen LogP contribution in [0.1, 0.15) is 65.1 Å². The van der Waals surface area contributed by atoms with Crippen LogP contribution in [-0.4, -0.2) is 44.8 Å². The molecule has 2 atom stereocenters. The van der Waals surface area contributed by atoms with Gasteiger partial charge in [-0.1, -0.05) is 31.7 Å². The van der Waals surface area contributed by atoms with E-state index in [1.165, 1.54) is 0 Å². The van der Waals surface area contributed by atoms with Gasteiger partial charge in [0.25, 0.3) is 0 Å². The first kappa shape index (κ1) is 22.1. The fourth-order valence-electron chi connectivity index (χ4n) is 3.92. The third-order valence-electron chi connectivity index (χ3n) is 5.34. The minimum atomic E-state index is -0.565. The number of fused-ring (bicyclic) bond motifs is 1. The summed E-state index contributed by atoms with van der Waals surface area (Å²) in [5, 5.41) is 14.3. The molecular weight excluding hydrogens is 382 g/mol. The van der Waals surface area contributed by atoms with Gasteiger partial charge in [-0.15, -0.1) is 10.2 Å². The highest BCUT2D eigenvalue weighted by molar-refractivity contribution is 5.80. The molecular formula is C22H33N5O3. The Morgan fingerprint density at radius 2 is 1.90 bits per heavy atom. The number of hydrogen-bond donors (Lipinski definition) is 2. The summed E-state index contributed by atoms with van der Waals surface area (Å²) in [6, 6.07) is 5.53. The molecule has 8 nitrogen and oxygen atoms in total. The number of nitrogens with one attached hydrogen (secondary N) is 2. The SMILES string of the molecule is CC(C)(C)OC(=O)N[C@H]1CCCCCC[C@@H]1C(=O)NCCc1nnc2ccccn12. The number of amides is 2. The van der Waals surface area contributed by atoms with Crippen LogP contribution in [0, 0.1) is 5.92 Å². The lowest BCUT2D eigenvalue weighted by Gasteiger charge is -2.30. The van der Waals surface area contributed by atoms with Crippen LogP contribution in [0.25, 0.3) is 5.65 Å². The average molecular weight is 416 g/mol. The molecule has 2 heterocycles. The number of carbonyl (C=O) groups excluding carboxylic acids is 2. The molecule has 2 amide bonds. The lowest BCUT2D eigenvalue weighted by atomic mass is 9.86. The Hall–Kier alpha value is -2.64. The maximum absolute atomic E-state index is 13.0. The van der Waals surface area contributed by atoms with Gasteiger partial charge in [0.2, 0.25) is 5.91 Å². The minimum Gasteiger partial charge on any atom is -0.444 e. The zero-order chi connectivity index (χ0) is 21.6. The Labute approximate surface area is 177 Å². The fraction of sp³-hybridized carbons (Fsp3) is 0.636. The van der Waals surface area contributed by atoms with Gasteiger partial charge >= 0.3 is 6.09 Å². The lowest BCUT2D eigenvalue weighted by molar-refractivity contribution is -0.126. The highest BCUT2D eigenvalue weighted by atomic mass is 16.6. The highest BCUT2D eigenvalue weighted by Gasteiger charge is 2.31. The maximum Gasteiger partial charge on any atom is 0.407 e. The highest BCUT2D eigenvalue weighted by Crippen LogP contribution is 2.24. The van der Waals surface area contributed by atoms with Crippen LogP contribution in [-0.2, 0) is 16.0 Å². The second-order valence-electron chi connectivity index (χ2n) is 8.94. The maximum atomic E-state index is 13.0. The number of ether oxygens (including phenoxy) is 1. The first-order valence-electron chi connectivity index (χ1n) is 10.9. The predicted octanol–water partition coefficient (Wildman–Crippen LogP) is 3.25. The first-order valence-corrected chi connectivity index (χ1v) is 10.9. The molecule has 0 unspecified atom stereocenters. The third-order valence-corrected chi connectivity index (χ3v) is 5.34. The van der Waals surface area contributed by atoms with Gasteiger partial charge in [-0.25, -0.2) is 4.79 Å². The molecule has 0 bridgehead atoms. The van der Waals surface area contributed by atoms with E-state index in [0.717, 1.165) is 50.0 Å². The number of alkyl carbamates (subject to hydrolysis) is 1. The summed E-state index contributed by atoms with van der Waals surface area (Å²) in [5.74, 6) is 0.534. The summed E-state index contributed by atoms with van der Waals surface area (Å²) in [6.45, 7) is 5.99. The van der Waals surface area contributed by atoms with Crippen LogP contribution in [0.15, 0.2) is 24.4 Å². The van der Waals surface area contributed by atoms with E-state index in [9.17, 15) is 9.59 Å². The Kier molecular flexibility index (Phi) is 7.29. The minimum absolute atomic E-state index is 0.0215. The molecule has 1 aliphatic rings. The van der Waals surface area contributed by atoms with Crippen LogP contribution in [0.4, 0.5) is 4.79 Å². The van der Waals surface area contributed by atoms with E-state index >= 15 is 0 Å². The lowest BCUT2D eigenvalue weighted by Crippen LogP contribution is -2.48. The molecule has 1 saturated carbocycles. The second-order valence-corrected chi connectivity index (χ2v) is 8.94. The van der Waals surface area contributed by atoms with Crippen molar-refractivity contribution in [1.29, 1.82) is 0 Å². The van der Waals surface area contributed by atoms with Gasteiger partial charge < -0.3 is 15.4 Å². The summed E-state index contributed by atoms with van der Waals surface area (Å²) >= 11 is 0. The first-order chi connectivity index (χ1) is 14.3. The number of hydrogen-bond acceptors (Lipinski definition) is 5. The molecule has 1 aliphatic carbocycles. The van der Waals surface area contributed by atoms with Crippen molar-refractivity contribution in [1.82, 2.24) is 25.2 Å². The van der Waals surface area contributed by atoms with Gasteiger partial charge in [-0.05, 0) is 45.7 Å². The van der Waals surface area contributed by atoms with E-state index in [-0.39, 0.29) is 17.9 Å². The number of rotatable bonds is 5. The zero-order valence-corrected chi connectivity index (χ0v) is 18.2. The third kappa shape index (κ3) is 6.18. The molecule has 0 aliphatic heterocycles. The van der Waals surface area contributed by atoms with E-state index in [0.29, 0.717) is 13.0 Å². The molecule has 0 radical (unpaired) electrons. The zero-order valence-electron chi connectivity index (χ0n) is 18.2. The molecule has 164 valence electrons. The van der Waals surface area contributed by atoms with Crippen molar-refractivity contribution in [3.8, 4) is 0 Å². The Bertz CT molecular complexity index is 858. The van der Waals surface area contributed by atoms with Gasteiger partial charge in [0.15, 0.2) is 5.65 Å². The van der Waals surface area contributed by atoms with Crippen molar-refractivity contribution in [3.05, 3.63) is 30.2 Å². The van der Waals surface area contributed by atoms with Crippen molar-refractivity contribution in [2.45, 2.75) is 77.4 Å². The number of nitrogens with zero attached hydrogens (tertiary/aromatic N) is 3. The molecule has 0 saturated heterocycles. The van der Waals surface area contributed by atoms with Crippen molar-refractivity contribution >= 4 is 17.6 Å². The molecule has 0 aromatic carbocycles. The standard InChI is InChI=1S/C22H33N5O3/c1-22(2,3)30-21(29)24-17-11-7-5-4-6-10-16(17)20(28)23-14-13-19-26-25-18-12-8-9-15-27(18)19/h8-9,12,15-17H,4-7,10-11,13-14H2,1-3H3,(H,23,28)(H,24,29)/t16-,17-/m0/s1. The summed E-state index contributed by atoms with van der Waals surface area (Å²) in [5.41, 5.74) is 0.227. The summed E-state index contributed by atoms with van der Waals surface area (Å²) in [7, 11) is 0. The Balaban J connectivity index is 1.59. The van der Waals surface area contributed by atoms with Gasteiger partial charge in [-0.3, -0.25) is 9.20 Å². The monoisotopic (exact) mass is 415 g/mol. The van der Waals surface area contributed by atoms with Crippen LogP contribution < -0.4 is 10.6 Å². The van der Waals surface area contributed by atoms with E-state index in [1.807, 2.05) is 49.6 Å². The summed E-state index contributed by atoms with van der Waals surface area (Å²) in [6.07, 6.45) is 7.83. The van der Waals surface area contributed by atoms with Gasteiger partial charge in [0.1, 0.15) is 11.4 Å². The molecule has 3 rings (SSSR count). The van der Waals surface area contributed by atoms with E-state index < -0.39 is 11.7 Å². The molecule has 8 heteroatoms. The Morgan fingerprint density at radius 1 is 1.13 bits per heavy atom. The normalized spacial score (nSPS) is 20.2. The number of aromatic nitrogens is 3. The largest absolute Gasteiger partial charge is 0.444 e. The van der Waals surface area contributed by atoms with E-state index in [2.05, 4.69) is 20.8 Å². The van der Waals surface area contributed by atoms with E-state index in [4.69, 9.17) is 4.74 Å². The predicted molar refractivity (Wildman–Crippen MR) is 114 cm³/mol. The quantitative estimate of drug-likeness (QED) is 0.781. The number of carbonyl (C=O) groups is 2. The van der Waals surface area contributed by atoms with Crippen LogP contribution in [0.3, 0.4) is 0 Å². The fourth-order valence-corrected chi connectivity index (χ4v) is 3.92. The second kappa shape index (κ2) is 9.91. The molecule has 1 fully saturated rings. The van der Waals surface area contributed by atoms with E-state index in [1.54, 1.807) is 0 Å². The smallest absolute Gasteiger partial charge is 0.407 e. The molecule has 30 heavy (non-hydrogen) atoms.